The number of aryl methyl sites for hydroxylation is 1. The average molecular weight is 219 g/mol. The quantitative estimate of drug-likeness (QED) is 0.767. The van der Waals surface area contributed by atoms with Crippen LogP contribution in [0, 0.1) is 11.8 Å². The van der Waals surface area contributed by atoms with E-state index < -0.39 is 0 Å². The summed E-state index contributed by atoms with van der Waals surface area (Å²) in [4.78, 5) is 11.8. The Hall–Kier alpha value is -1.51. The second kappa shape index (κ2) is 4.16. The second-order valence-corrected chi connectivity index (χ2v) is 4.50. The van der Waals surface area contributed by atoms with E-state index in [1.54, 1.807) is 18.2 Å². The smallest absolute Gasteiger partial charge is 0.227 e. The van der Waals surface area contributed by atoms with Crippen molar-refractivity contribution >= 4 is 11.6 Å². The number of phenols is 1. The van der Waals surface area contributed by atoms with Crippen molar-refractivity contribution in [2.24, 2.45) is 11.8 Å². The van der Waals surface area contributed by atoms with Crippen LogP contribution in [-0.2, 0) is 11.2 Å². The van der Waals surface area contributed by atoms with E-state index in [1.165, 1.54) is 0 Å². The topological polar surface area (TPSA) is 49.3 Å². The summed E-state index contributed by atoms with van der Waals surface area (Å²) >= 11 is 0. The fraction of sp³-hybridized carbons (Fsp3) is 0.462. The minimum absolute atomic E-state index is 0.105. The highest BCUT2D eigenvalue weighted by Crippen LogP contribution is 2.38. The van der Waals surface area contributed by atoms with Crippen LogP contribution in [0.5, 0.6) is 5.75 Å². The molecule has 0 spiro atoms. The SMILES string of the molecule is CCc1cc(O)ccc1NC(=O)[C@H]1C[C@@H]1C. The van der Waals surface area contributed by atoms with Crippen LogP contribution >= 0.6 is 0 Å². The predicted molar refractivity (Wildman–Crippen MR) is 63.4 cm³/mol. The number of nitrogens with one attached hydrogen (secondary N) is 1. The standard InChI is InChI=1S/C13H17NO2/c1-3-9-7-10(15)4-5-12(9)14-13(16)11-6-8(11)2/h4-5,7-8,11,15H,3,6H2,1-2H3,(H,14,16)/t8-,11-/m0/s1. The van der Waals surface area contributed by atoms with Gasteiger partial charge in [-0.1, -0.05) is 13.8 Å². The van der Waals surface area contributed by atoms with E-state index in [0.717, 1.165) is 24.1 Å². The molecule has 0 bridgehead atoms. The zero-order chi connectivity index (χ0) is 11.7. The van der Waals surface area contributed by atoms with Gasteiger partial charge in [-0.25, -0.2) is 0 Å². The molecule has 2 N–H and O–H groups in total. The van der Waals surface area contributed by atoms with Crippen LogP contribution in [0.3, 0.4) is 0 Å². The van der Waals surface area contributed by atoms with Gasteiger partial charge in [0.2, 0.25) is 5.91 Å². The molecule has 1 aliphatic carbocycles. The van der Waals surface area contributed by atoms with Gasteiger partial charge in [0.15, 0.2) is 0 Å². The van der Waals surface area contributed by atoms with E-state index in [2.05, 4.69) is 12.2 Å². The molecule has 1 saturated carbocycles. The van der Waals surface area contributed by atoms with Crippen LogP contribution in [-0.4, -0.2) is 11.0 Å². The molecular weight excluding hydrogens is 202 g/mol. The highest BCUT2D eigenvalue weighted by atomic mass is 16.3. The lowest BCUT2D eigenvalue weighted by Gasteiger charge is -2.10. The van der Waals surface area contributed by atoms with Gasteiger partial charge in [-0.05, 0) is 42.5 Å². The van der Waals surface area contributed by atoms with E-state index in [9.17, 15) is 9.90 Å². The number of aromatic hydroxyl groups is 1. The van der Waals surface area contributed by atoms with Crippen molar-refractivity contribution in [3.8, 4) is 5.75 Å². The molecule has 1 aliphatic rings. The molecule has 0 aliphatic heterocycles. The van der Waals surface area contributed by atoms with Crippen molar-refractivity contribution in [3.63, 3.8) is 0 Å². The highest BCUT2D eigenvalue weighted by molar-refractivity contribution is 5.95. The number of carbonyl (C=O) groups is 1. The fourth-order valence-corrected chi connectivity index (χ4v) is 1.91. The Morgan fingerprint density at radius 3 is 2.81 bits per heavy atom. The molecule has 16 heavy (non-hydrogen) atoms. The summed E-state index contributed by atoms with van der Waals surface area (Å²) < 4.78 is 0. The third-order valence-electron chi connectivity index (χ3n) is 3.17. The molecule has 2 rings (SSSR count). The third-order valence-corrected chi connectivity index (χ3v) is 3.17. The van der Waals surface area contributed by atoms with Crippen LogP contribution in [0.2, 0.25) is 0 Å². The van der Waals surface area contributed by atoms with Crippen molar-refractivity contribution in [3.05, 3.63) is 23.8 Å². The molecule has 1 fully saturated rings. The summed E-state index contributed by atoms with van der Waals surface area (Å²) in [6, 6.07) is 5.07. The van der Waals surface area contributed by atoms with Gasteiger partial charge in [0, 0.05) is 11.6 Å². The minimum Gasteiger partial charge on any atom is -0.508 e. The first-order valence-corrected chi connectivity index (χ1v) is 5.74. The molecule has 86 valence electrons. The minimum atomic E-state index is 0.105. The first kappa shape index (κ1) is 11.0. The molecule has 1 aromatic rings. The Balaban J connectivity index is 2.11. The molecule has 0 unspecified atom stereocenters. The van der Waals surface area contributed by atoms with Crippen LogP contribution < -0.4 is 5.32 Å². The predicted octanol–water partition coefficient (Wildman–Crippen LogP) is 2.55. The van der Waals surface area contributed by atoms with Gasteiger partial charge in [-0.3, -0.25) is 4.79 Å². The molecule has 0 aromatic heterocycles. The monoisotopic (exact) mass is 219 g/mol. The second-order valence-electron chi connectivity index (χ2n) is 4.50. The van der Waals surface area contributed by atoms with E-state index in [-0.39, 0.29) is 17.6 Å². The number of carbonyl (C=O) groups excluding carboxylic acids is 1. The molecule has 2 atom stereocenters. The van der Waals surface area contributed by atoms with Gasteiger partial charge >= 0.3 is 0 Å². The van der Waals surface area contributed by atoms with Crippen molar-refractivity contribution in [2.45, 2.75) is 26.7 Å². The summed E-state index contributed by atoms with van der Waals surface area (Å²) in [6.07, 6.45) is 1.79. The van der Waals surface area contributed by atoms with Gasteiger partial charge in [0.25, 0.3) is 0 Å². The van der Waals surface area contributed by atoms with Crippen LogP contribution in [0.1, 0.15) is 25.8 Å². The Bertz CT molecular complexity index is 414. The molecule has 3 heteroatoms. The molecule has 0 heterocycles. The van der Waals surface area contributed by atoms with Crippen molar-refractivity contribution in [1.29, 1.82) is 0 Å². The molecular formula is C13H17NO2. The normalized spacial score (nSPS) is 22.9. The van der Waals surface area contributed by atoms with Gasteiger partial charge in [-0.2, -0.15) is 0 Å². The zero-order valence-corrected chi connectivity index (χ0v) is 9.66. The lowest BCUT2D eigenvalue weighted by molar-refractivity contribution is -0.117. The van der Waals surface area contributed by atoms with Gasteiger partial charge < -0.3 is 10.4 Å². The molecule has 3 nitrogen and oxygen atoms in total. The van der Waals surface area contributed by atoms with Crippen LogP contribution in [0.4, 0.5) is 5.69 Å². The number of hydrogen-bond acceptors (Lipinski definition) is 2. The molecule has 0 radical (unpaired) electrons. The van der Waals surface area contributed by atoms with Crippen molar-refractivity contribution in [1.82, 2.24) is 0 Å². The zero-order valence-electron chi connectivity index (χ0n) is 9.66. The molecule has 0 saturated heterocycles. The lowest BCUT2D eigenvalue weighted by Crippen LogP contribution is -2.15. The van der Waals surface area contributed by atoms with E-state index in [1.807, 2.05) is 6.92 Å². The van der Waals surface area contributed by atoms with Crippen molar-refractivity contribution < 1.29 is 9.90 Å². The number of benzene rings is 1. The van der Waals surface area contributed by atoms with E-state index >= 15 is 0 Å². The summed E-state index contributed by atoms with van der Waals surface area (Å²) in [5.41, 5.74) is 1.80. The molecule has 1 amide bonds. The summed E-state index contributed by atoms with van der Waals surface area (Å²) in [6.45, 7) is 4.09. The fourth-order valence-electron chi connectivity index (χ4n) is 1.91. The van der Waals surface area contributed by atoms with Gasteiger partial charge in [0.05, 0.1) is 0 Å². The Labute approximate surface area is 95.5 Å². The summed E-state index contributed by atoms with van der Waals surface area (Å²) in [7, 11) is 0. The number of hydrogen-bond donors (Lipinski definition) is 2. The maximum atomic E-state index is 11.8. The van der Waals surface area contributed by atoms with E-state index in [0.29, 0.717) is 5.92 Å². The average Bonchev–Trinajstić information content (AvgIpc) is 2.98. The number of amides is 1. The Kier molecular flexibility index (Phi) is 2.86. The van der Waals surface area contributed by atoms with Crippen LogP contribution in [0.25, 0.3) is 0 Å². The molecule has 1 aromatic carbocycles. The van der Waals surface area contributed by atoms with Gasteiger partial charge in [0.1, 0.15) is 5.75 Å². The number of rotatable bonds is 3. The Morgan fingerprint density at radius 2 is 2.25 bits per heavy atom. The number of phenolic OH excluding ortho intramolecular Hbond substituents is 1. The number of anilines is 1. The van der Waals surface area contributed by atoms with Crippen LogP contribution in [0.15, 0.2) is 18.2 Å². The third kappa shape index (κ3) is 2.18. The maximum absolute atomic E-state index is 11.8. The van der Waals surface area contributed by atoms with E-state index in [4.69, 9.17) is 0 Å². The summed E-state index contributed by atoms with van der Waals surface area (Å²) in [5, 5.41) is 12.3. The first-order chi connectivity index (χ1) is 7.61. The highest BCUT2D eigenvalue weighted by Gasteiger charge is 2.39. The Morgan fingerprint density at radius 1 is 1.56 bits per heavy atom. The largest absolute Gasteiger partial charge is 0.508 e. The lowest BCUT2D eigenvalue weighted by atomic mass is 10.1. The van der Waals surface area contributed by atoms with Crippen molar-refractivity contribution in [2.75, 3.05) is 5.32 Å². The first-order valence-electron chi connectivity index (χ1n) is 5.74. The maximum Gasteiger partial charge on any atom is 0.227 e. The summed E-state index contributed by atoms with van der Waals surface area (Å²) in [5.74, 6) is 1.04. The van der Waals surface area contributed by atoms with Gasteiger partial charge in [-0.15, -0.1) is 0 Å².